The van der Waals surface area contributed by atoms with E-state index in [-0.39, 0.29) is 11.9 Å². The predicted molar refractivity (Wildman–Crippen MR) is 74.6 cm³/mol. The van der Waals surface area contributed by atoms with E-state index in [1.54, 1.807) is 0 Å². The van der Waals surface area contributed by atoms with Crippen LogP contribution < -0.4 is 5.32 Å². The van der Waals surface area contributed by atoms with E-state index in [2.05, 4.69) is 17.3 Å². The first kappa shape index (κ1) is 14.1. The highest BCUT2D eigenvalue weighted by molar-refractivity contribution is 5.81. The van der Waals surface area contributed by atoms with E-state index in [1.807, 2.05) is 28.8 Å². The number of hydrogen-bond donors (Lipinski definition) is 1. The lowest BCUT2D eigenvalue weighted by Crippen LogP contribution is -2.43. The third-order valence-corrected chi connectivity index (χ3v) is 3.62. The highest BCUT2D eigenvalue weighted by Crippen LogP contribution is 2.09. The van der Waals surface area contributed by atoms with Crippen LogP contribution in [0.25, 0.3) is 0 Å². The van der Waals surface area contributed by atoms with Gasteiger partial charge < -0.3 is 10.2 Å². The molecule has 0 saturated carbocycles. The Bertz CT molecular complexity index is 409. The summed E-state index contributed by atoms with van der Waals surface area (Å²) in [7, 11) is 0. The van der Waals surface area contributed by atoms with Gasteiger partial charge in [-0.1, -0.05) is 6.92 Å². The molecule has 1 fully saturated rings. The summed E-state index contributed by atoms with van der Waals surface area (Å²) in [6.45, 7) is 7.54. The highest BCUT2D eigenvalue weighted by atomic mass is 16.2. The lowest BCUT2D eigenvalue weighted by Gasteiger charge is -2.21. The van der Waals surface area contributed by atoms with Crippen molar-refractivity contribution in [3.8, 4) is 0 Å². The lowest BCUT2D eigenvalue weighted by atomic mass is 10.2. The average molecular weight is 264 g/mol. The summed E-state index contributed by atoms with van der Waals surface area (Å²) in [6, 6.07) is 1.89. The molecule has 1 atom stereocenters. The number of amides is 1. The van der Waals surface area contributed by atoms with E-state index < -0.39 is 0 Å². The van der Waals surface area contributed by atoms with Gasteiger partial charge in [0.25, 0.3) is 0 Å². The van der Waals surface area contributed by atoms with E-state index in [1.165, 1.54) is 0 Å². The number of nitrogens with zero attached hydrogens (tertiary/aromatic N) is 3. The Morgan fingerprint density at radius 2 is 2.21 bits per heavy atom. The standard InChI is InChI=1S/C14H24N4O/c1-3-8-18-13(6-7-16-18)11-15-12(2)14(19)17-9-4-5-10-17/h6-7,12,15H,3-5,8-11H2,1-2H3. The van der Waals surface area contributed by atoms with Gasteiger partial charge in [-0.25, -0.2) is 0 Å². The Morgan fingerprint density at radius 3 is 2.89 bits per heavy atom. The summed E-state index contributed by atoms with van der Waals surface area (Å²) in [5.74, 6) is 0.221. The number of carbonyl (C=O) groups is 1. The van der Waals surface area contributed by atoms with Crippen LogP contribution in [0, 0.1) is 0 Å². The molecule has 1 unspecified atom stereocenters. The first-order valence-corrected chi connectivity index (χ1v) is 7.25. The smallest absolute Gasteiger partial charge is 0.239 e. The van der Waals surface area contributed by atoms with E-state index in [0.29, 0.717) is 6.54 Å². The van der Waals surface area contributed by atoms with Crippen molar-refractivity contribution in [2.75, 3.05) is 13.1 Å². The molecule has 1 aliphatic heterocycles. The first-order chi connectivity index (χ1) is 9.22. The van der Waals surface area contributed by atoms with Crippen LogP contribution in [-0.2, 0) is 17.9 Å². The number of carbonyl (C=O) groups excluding carboxylic acids is 1. The van der Waals surface area contributed by atoms with Crippen molar-refractivity contribution in [1.29, 1.82) is 0 Å². The molecule has 0 aromatic carbocycles. The van der Waals surface area contributed by atoms with Gasteiger partial charge in [-0.3, -0.25) is 9.48 Å². The molecule has 1 aromatic heterocycles. The van der Waals surface area contributed by atoms with Crippen molar-refractivity contribution in [3.05, 3.63) is 18.0 Å². The molecule has 5 nitrogen and oxygen atoms in total. The fourth-order valence-electron chi connectivity index (χ4n) is 2.48. The van der Waals surface area contributed by atoms with Gasteiger partial charge in [0.1, 0.15) is 0 Å². The van der Waals surface area contributed by atoms with Crippen LogP contribution >= 0.6 is 0 Å². The van der Waals surface area contributed by atoms with Gasteiger partial charge in [0, 0.05) is 32.4 Å². The van der Waals surface area contributed by atoms with Crippen molar-refractivity contribution < 1.29 is 4.79 Å². The van der Waals surface area contributed by atoms with Crippen LogP contribution in [0.4, 0.5) is 0 Å². The van der Waals surface area contributed by atoms with Gasteiger partial charge in [-0.05, 0) is 32.3 Å². The molecule has 1 amide bonds. The van der Waals surface area contributed by atoms with E-state index >= 15 is 0 Å². The summed E-state index contributed by atoms with van der Waals surface area (Å²) in [5.41, 5.74) is 1.14. The molecule has 1 aliphatic rings. The highest BCUT2D eigenvalue weighted by Gasteiger charge is 2.22. The molecule has 2 heterocycles. The maximum atomic E-state index is 12.2. The lowest BCUT2D eigenvalue weighted by molar-refractivity contribution is -0.132. The summed E-state index contributed by atoms with van der Waals surface area (Å²) >= 11 is 0. The third kappa shape index (κ3) is 3.56. The number of aryl methyl sites for hydroxylation is 1. The maximum absolute atomic E-state index is 12.2. The monoisotopic (exact) mass is 264 g/mol. The molecule has 0 bridgehead atoms. The molecule has 19 heavy (non-hydrogen) atoms. The Morgan fingerprint density at radius 1 is 1.47 bits per heavy atom. The minimum atomic E-state index is -0.122. The molecular formula is C14H24N4O. The summed E-state index contributed by atoms with van der Waals surface area (Å²) in [6.07, 6.45) is 5.17. The molecule has 1 N–H and O–H groups in total. The van der Waals surface area contributed by atoms with E-state index in [9.17, 15) is 4.79 Å². The summed E-state index contributed by atoms with van der Waals surface area (Å²) in [4.78, 5) is 14.1. The fraction of sp³-hybridized carbons (Fsp3) is 0.714. The van der Waals surface area contributed by atoms with Crippen LogP contribution in [0.2, 0.25) is 0 Å². The third-order valence-electron chi connectivity index (χ3n) is 3.62. The molecule has 2 rings (SSSR count). The van der Waals surface area contributed by atoms with Gasteiger partial charge in [0.15, 0.2) is 0 Å². The minimum Gasteiger partial charge on any atom is -0.341 e. The van der Waals surface area contributed by atoms with Crippen LogP contribution in [0.1, 0.15) is 38.8 Å². The van der Waals surface area contributed by atoms with Gasteiger partial charge in [-0.15, -0.1) is 0 Å². The molecule has 0 spiro atoms. The van der Waals surface area contributed by atoms with Gasteiger partial charge >= 0.3 is 0 Å². The second-order valence-electron chi connectivity index (χ2n) is 5.18. The number of likely N-dealkylation sites (tertiary alicyclic amines) is 1. The number of hydrogen-bond acceptors (Lipinski definition) is 3. The Kier molecular flexibility index (Phi) is 4.96. The van der Waals surface area contributed by atoms with E-state index in [0.717, 1.165) is 44.6 Å². The normalized spacial score (nSPS) is 16.8. The molecule has 1 aromatic rings. The summed E-state index contributed by atoms with van der Waals surface area (Å²) < 4.78 is 2.00. The molecule has 1 saturated heterocycles. The maximum Gasteiger partial charge on any atom is 0.239 e. The number of nitrogens with one attached hydrogen (secondary N) is 1. The summed E-state index contributed by atoms with van der Waals surface area (Å²) in [5, 5.41) is 7.60. The van der Waals surface area contributed by atoms with Crippen molar-refractivity contribution in [2.24, 2.45) is 0 Å². The quantitative estimate of drug-likeness (QED) is 0.845. The molecule has 106 valence electrons. The topological polar surface area (TPSA) is 50.2 Å². The number of aromatic nitrogens is 2. The zero-order valence-electron chi connectivity index (χ0n) is 11.9. The Balaban J connectivity index is 1.83. The van der Waals surface area contributed by atoms with Crippen LogP contribution in [0.5, 0.6) is 0 Å². The Hall–Kier alpha value is -1.36. The largest absolute Gasteiger partial charge is 0.341 e. The molecule has 5 heteroatoms. The second-order valence-corrected chi connectivity index (χ2v) is 5.18. The molecule has 0 aliphatic carbocycles. The van der Waals surface area contributed by atoms with Gasteiger partial charge in [-0.2, -0.15) is 5.10 Å². The molecular weight excluding hydrogens is 240 g/mol. The van der Waals surface area contributed by atoms with Gasteiger partial charge in [0.2, 0.25) is 5.91 Å². The second kappa shape index (κ2) is 6.70. The zero-order chi connectivity index (χ0) is 13.7. The fourth-order valence-corrected chi connectivity index (χ4v) is 2.48. The van der Waals surface area contributed by atoms with Crippen molar-refractivity contribution in [3.63, 3.8) is 0 Å². The predicted octanol–water partition coefficient (Wildman–Crippen LogP) is 1.39. The van der Waals surface area contributed by atoms with Crippen molar-refractivity contribution >= 4 is 5.91 Å². The van der Waals surface area contributed by atoms with Crippen molar-refractivity contribution in [2.45, 2.75) is 52.2 Å². The van der Waals surface area contributed by atoms with Gasteiger partial charge in [0.05, 0.1) is 11.7 Å². The molecule has 0 radical (unpaired) electrons. The van der Waals surface area contributed by atoms with Crippen LogP contribution in [-0.4, -0.2) is 39.7 Å². The van der Waals surface area contributed by atoms with Crippen LogP contribution in [0.15, 0.2) is 12.3 Å². The van der Waals surface area contributed by atoms with Crippen molar-refractivity contribution in [1.82, 2.24) is 20.0 Å². The number of rotatable bonds is 6. The first-order valence-electron chi connectivity index (χ1n) is 7.25. The SMILES string of the molecule is CCCn1nccc1CNC(C)C(=O)N1CCCC1. The minimum absolute atomic E-state index is 0.122. The average Bonchev–Trinajstić information content (AvgIpc) is 3.07. The zero-order valence-corrected chi connectivity index (χ0v) is 11.9. The van der Waals surface area contributed by atoms with Crippen LogP contribution in [0.3, 0.4) is 0 Å². The van der Waals surface area contributed by atoms with E-state index in [4.69, 9.17) is 0 Å². The Labute approximate surface area is 115 Å².